The van der Waals surface area contributed by atoms with Crippen LogP contribution in [0.25, 0.3) is 0 Å². The van der Waals surface area contributed by atoms with Crippen LogP contribution in [0.5, 0.6) is 0 Å². The molecule has 2 N–H and O–H groups in total. The number of unbranched alkanes of at least 4 members (excludes halogenated alkanes) is 14. The zero-order valence-corrected chi connectivity index (χ0v) is 25.3. The van der Waals surface area contributed by atoms with E-state index in [4.69, 9.17) is 23.2 Å². The summed E-state index contributed by atoms with van der Waals surface area (Å²) >= 11 is 11.5. The van der Waals surface area contributed by atoms with Gasteiger partial charge in [-0.15, -0.1) is 23.2 Å². The lowest BCUT2D eigenvalue weighted by Gasteiger charge is -2.30. The van der Waals surface area contributed by atoms with Crippen LogP contribution in [0.1, 0.15) is 143 Å². The lowest BCUT2D eigenvalue weighted by atomic mass is 9.94. The van der Waals surface area contributed by atoms with Gasteiger partial charge in [-0.2, -0.15) is 10.5 Å². The Bertz CT molecular complexity index is 603. The number of rotatable bonds is 24. The van der Waals surface area contributed by atoms with E-state index in [0.717, 1.165) is 50.3 Å². The first-order valence-electron chi connectivity index (χ1n) is 14.4. The molecule has 208 valence electrons. The third kappa shape index (κ3) is 20.0. The van der Waals surface area contributed by atoms with Gasteiger partial charge in [-0.1, -0.05) is 89.9 Å². The maximum absolute atomic E-state index is 9.79. The molecule has 0 aromatic rings. The van der Waals surface area contributed by atoms with Gasteiger partial charge in [0.05, 0.1) is 0 Å². The van der Waals surface area contributed by atoms with Crippen LogP contribution in [0.15, 0.2) is 11.4 Å². The van der Waals surface area contributed by atoms with E-state index in [-0.39, 0.29) is 11.1 Å². The largest absolute Gasteiger partial charge is 0.369 e. The molecule has 0 radical (unpaired) electrons. The fourth-order valence-electron chi connectivity index (χ4n) is 4.54. The molecule has 0 fully saturated rings. The molecule has 0 aromatic carbocycles. The smallest absolute Gasteiger partial charge is 0.148 e. The molecule has 0 bridgehead atoms. The standard InChI is InChI=1S/C30H54Cl2N4/c1-29(2,21-17-13-9-5-7-11-15-19-23-31)35-27(25-33)28(26-34)36-30(3,4)22-18-14-10-6-8-12-16-20-24-32/h35-36H,5-24H2,1-4H3/b28-27-. The second-order valence-corrected chi connectivity index (χ2v) is 12.3. The molecule has 0 amide bonds. The van der Waals surface area contributed by atoms with Crippen molar-refractivity contribution in [2.24, 2.45) is 0 Å². The normalized spacial score (nSPS) is 12.6. The van der Waals surface area contributed by atoms with Crippen molar-refractivity contribution in [3.63, 3.8) is 0 Å². The van der Waals surface area contributed by atoms with Gasteiger partial charge in [0.2, 0.25) is 0 Å². The highest BCUT2D eigenvalue weighted by Gasteiger charge is 2.24. The van der Waals surface area contributed by atoms with Gasteiger partial charge < -0.3 is 10.6 Å². The number of halogens is 2. The molecule has 0 saturated carbocycles. The summed E-state index contributed by atoms with van der Waals surface area (Å²) in [4.78, 5) is 0. The number of allylic oxidation sites excluding steroid dienone is 2. The van der Waals surface area contributed by atoms with Gasteiger partial charge >= 0.3 is 0 Å². The van der Waals surface area contributed by atoms with Crippen molar-refractivity contribution < 1.29 is 0 Å². The average Bonchev–Trinajstić information content (AvgIpc) is 2.84. The fraction of sp³-hybridized carbons (Fsp3) is 0.867. The van der Waals surface area contributed by atoms with Gasteiger partial charge in [-0.05, 0) is 53.4 Å². The average molecular weight is 542 g/mol. The minimum Gasteiger partial charge on any atom is -0.369 e. The SMILES string of the molecule is CC(C)(CCCCCCCCCCCl)N/C(C#N)=C(/C#N)NC(C)(C)CCCCCCCCCCCl. The second-order valence-electron chi connectivity index (χ2n) is 11.5. The number of nitriles is 2. The van der Waals surface area contributed by atoms with Crippen LogP contribution in [-0.4, -0.2) is 22.8 Å². The maximum atomic E-state index is 9.79. The minimum atomic E-state index is -0.233. The van der Waals surface area contributed by atoms with Gasteiger partial charge in [0.1, 0.15) is 23.5 Å². The van der Waals surface area contributed by atoms with Crippen molar-refractivity contribution in [1.82, 2.24) is 10.6 Å². The lowest BCUT2D eigenvalue weighted by molar-refractivity contribution is 0.364. The van der Waals surface area contributed by atoms with Crippen molar-refractivity contribution in [2.75, 3.05) is 11.8 Å². The third-order valence-electron chi connectivity index (χ3n) is 6.77. The molecule has 0 aliphatic rings. The fourth-order valence-corrected chi connectivity index (χ4v) is 4.92. The van der Waals surface area contributed by atoms with E-state index in [0.29, 0.717) is 11.4 Å². The molecule has 4 nitrogen and oxygen atoms in total. The highest BCUT2D eigenvalue weighted by molar-refractivity contribution is 6.18. The molecular weight excluding hydrogens is 487 g/mol. The summed E-state index contributed by atoms with van der Waals surface area (Å²) in [6.45, 7) is 8.47. The van der Waals surface area contributed by atoms with Gasteiger partial charge in [-0.3, -0.25) is 0 Å². The first-order valence-corrected chi connectivity index (χ1v) is 15.5. The van der Waals surface area contributed by atoms with E-state index < -0.39 is 0 Å². The number of hydrogen-bond acceptors (Lipinski definition) is 4. The number of hydrogen-bond donors (Lipinski definition) is 2. The molecule has 0 aliphatic carbocycles. The molecule has 36 heavy (non-hydrogen) atoms. The van der Waals surface area contributed by atoms with E-state index in [1.165, 1.54) is 77.0 Å². The Balaban J connectivity index is 4.44. The Morgan fingerprint density at radius 3 is 1.00 bits per heavy atom. The van der Waals surface area contributed by atoms with Crippen LogP contribution < -0.4 is 10.6 Å². The number of nitrogens with one attached hydrogen (secondary N) is 2. The summed E-state index contributed by atoms with van der Waals surface area (Å²) in [6, 6.07) is 4.48. The van der Waals surface area contributed by atoms with Crippen LogP contribution in [-0.2, 0) is 0 Å². The van der Waals surface area contributed by atoms with Gasteiger partial charge in [0.15, 0.2) is 0 Å². The van der Waals surface area contributed by atoms with E-state index in [2.05, 4.69) is 50.5 Å². The third-order valence-corrected chi connectivity index (χ3v) is 7.31. The van der Waals surface area contributed by atoms with Gasteiger partial charge in [-0.25, -0.2) is 0 Å². The van der Waals surface area contributed by atoms with E-state index in [9.17, 15) is 10.5 Å². The maximum Gasteiger partial charge on any atom is 0.148 e. The molecular formula is C30H54Cl2N4. The Hall–Kier alpha value is -1.10. The molecule has 0 aromatic heterocycles. The van der Waals surface area contributed by atoms with Crippen LogP contribution in [0.3, 0.4) is 0 Å². The zero-order valence-electron chi connectivity index (χ0n) is 23.8. The van der Waals surface area contributed by atoms with Crippen molar-refractivity contribution in [3.05, 3.63) is 11.4 Å². The number of nitrogens with zero attached hydrogens (tertiary/aromatic N) is 2. The Morgan fingerprint density at radius 1 is 0.500 bits per heavy atom. The monoisotopic (exact) mass is 540 g/mol. The van der Waals surface area contributed by atoms with Crippen LogP contribution in [0, 0.1) is 22.7 Å². The second kappa shape index (κ2) is 21.9. The van der Waals surface area contributed by atoms with Crippen molar-refractivity contribution in [1.29, 1.82) is 10.5 Å². The van der Waals surface area contributed by atoms with Crippen LogP contribution >= 0.6 is 23.2 Å². The molecule has 0 unspecified atom stereocenters. The summed E-state index contributed by atoms with van der Waals surface area (Å²) in [5.74, 6) is 1.55. The molecule has 0 heterocycles. The summed E-state index contributed by atoms with van der Waals surface area (Å²) in [6.07, 6.45) is 21.6. The summed E-state index contributed by atoms with van der Waals surface area (Å²) in [5, 5.41) is 26.3. The highest BCUT2D eigenvalue weighted by Crippen LogP contribution is 2.21. The Labute approximate surface area is 233 Å². The molecule has 0 aliphatic heterocycles. The van der Waals surface area contributed by atoms with Gasteiger partial charge in [0, 0.05) is 22.8 Å². The topological polar surface area (TPSA) is 71.6 Å². The molecule has 0 spiro atoms. The van der Waals surface area contributed by atoms with Crippen molar-refractivity contribution >= 4 is 23.2 Å². The quantitative estimate of drug-likeness (QED) is 0.0725. The molecule has 6 heteroatoms. The zero-order chi connectivity index (χ0) is 27.1. The Morgan fingerprint density at radius 2 is 0.750 bits per heavy atom. The lowest BCUT2D eigenvalue weighted by Crippen LogP contribution is -2.43. The van der Waals surface area contributed by atoms with Crippen LogP contribution in [0.2, 0.25) is 0 Å². The Kier molecular flexibility index (Phi) is 21.3. The first-order chi connectivity index (χ1) is 17.2. The van der Waals surface area contributed by atoms with E-state index in [1.807, 2.05) is 0 Å². The van der Waals surface area contributed by atoms with Crippen LogP contribution in [0.4, 0.5) is 0 Å². The highest BCUT2D eigenvalue weighted by atomic mass is 35.5. The minimum absolute atomic E-state index is 0.233. The summed E-state index contributed by atoms with van der Waals surface area (Å²) in [5.41, 5.74) is 0.241. The predicted octanol–water partition coefficient (Wildman–Crippen LogP) is 9.48. The first kappa shape index (κ1) is 34.9. The summed E-state index contributed by atoms with van der Waals surface area (Å²) in [7, 11) is 0. The predicted molar refractivity (Wildman–Crippen MR) is 157 cm³/mol. The summed E-state index contributed by atoms with van der Waals surface area (Å²) < 4.78 is 0. The molecule has 0 rings (SSSR count). The van der Waals surface area contributed by atoms with E-state index in [1.54, 1.807) is 0 Å². The molecule has 0 saturated heterocycles. The van der Waals surface area contributed by atoms with Crippen molar-refractivity contribution in [2.45, 2.75) is 154 Å². The molecule has 0 atom stereocenters. The van der Waals surface area contributed by atoms with Crippen molar-refractivity contribution in [3.8, 4) is 12.1 Å². The van der Waals surface area contributed by atoms with Gasteiger partial charge in [0.25, 0.3) is 0 Å². The number of alkyl halides is 2. The van der Waals surface area contributed by atoms with E-state index >= 15 is 0 Å².